The molecule has 12 heteroatoms. The van der Waals surface area contributed by atoms with Crippen molar-refractivity contribution in [3.8, 4) is 45.4 Å². The van der Waals surface area contributed by atoms with E-state index in [1.807, 2.05) is 106 Å². The molecule has 2 aromatic carbocycles. The molecule has 0 saturated heterocycles. The Balaban J connectivity index is 0.000000200. The van der Waals surface area contributed by atoms with Crippen LogP contribution in [0.15, 0.2) is 110 Å². The van der Waals surface area contributed by atoms with Crippen LogP contribution in [0.3, 0.4) is 0 Å². The van der Waals surface area contributed by atoms with Gasteiger partial charge in [-0.25, -0.2) is 10.7 Å². The SMILES string of the molecule is Cc1cc(-c2[c-]c(-c3cc(C)n[n-]3)ccc2)[n-]n1.Cc1cc(-c2[c-]c(Oc3ccccn3)ccc2)[n-]n1.[Au+3].[Cl][Au].c1ccncc1. The molecule has 5 heterocycles. The summed E-state index contributed by atoms with van der Waals surface area (Å²) >= 11 is 1.75. The summed E-state index contributed by atoms with van der Waals surface area (Å²) in [5.74, 6) is 1.15. The van der Waals surface area contributed by atoms with E-state index in [9.17, 15) is 0 Å². The fourth-order valence-electron chi connectivity index (χ4n) is 3.82. The van der Waals surface area contributed by atoms with E-state index in [0.717, 1.165) is 50.9 Å². The second-order valence-electron chi connectivity index (χ2n) is 9.31. The Morgan fingerprint density at radius 2 is 1.07 bits per heavy atom. The molecule has 0 bridgehead atoms. The normalized spacial score (nSPS) is 9.70. The van der Waals surface area contributed by atoms with Gasteiger partial charge in [0.15, 0.2) is 0 Å². The number of aryl methyl sites for hydroxylation is 3. The zero-order valence-electron chi connectivity index (χ0n) is 24.9. The number of pyridine rings is 2. The third-order valence-electron chi connectivity index (χ3n) is 5.79. The fourth-order valence-corrected chi connectivity index (χ4v) is 3.82. The number of benzene rings is 2. The summed E-state index contributed by atoms with van der Waals surface area (Å²) in [6.45, 7) is 5.75. The van der Waals surface area contributed by atoms with E-state index >= 15 is 0 Å². The molecule has 0 aliphatic heterocycles. The molecule has 0 N–H and O–H groups in total. The molecule has 7 aromatic rings. The van der Waals surface area contributed by atoms with Gasteiger partial charge in [-0.2, -0.15) is 17.0 Å². The summed E-state index contributed by atoms with van der Waals surface area (Å²) < 4.78 is 5.63. The summed E-state index contributed by atoms with van der Waals surface area (Å²) in [7, 11) is 4.58. The van der Waals surface area contributed by atoms with Gasteiger partial charge in [-0.15, -0.1) is 53.6 Å². The van der Waals surface area contributed by atoms with Gasteiger partial charge in [0.25, 0.3) is 0 Å². The number of halogens is 1. The van der Waals surface area contributed by atoms with E-state index in [2.05, 4.69) is 61.9 Å². The quantitative estimate of drug-likeness (QED) is 0.134. The van der Waals surface area contributed by atoms with Crippen LogP contribution in [0, 0.1) is 32.9 Å². The van der Waals surface area contributed by atoms with Gasteiger partial charge in [0.05, 0.1) is 0 Å². The Kier molecular flexibility index (Phi) is 15.4. The second-order valence-corrected chi connectivity index (χ2v) is 9.31. The largest absolute Gasteiger partial charge is 0.265 e. The Morgan fingerprint density at radius 3 is 1.46 bits per heavy atom. The number of rotatable bonds is 5. The van der Waals surface area contributed by atoms with Crippen molar-refractivity contribution in [2.45, 2.75) is 20.8 Å². The summed E-state index contributed by atoms with van der Waals surface area (Å²) in [6.07, 6.45) is 5.19. The van der Waals surface area contributed by atoms with Crippen molar-refractivity contribution in [3.63, 3.8) is 0 Å². The number of hydrogen-bond acceptors (Lipinski definition) is 6. The minimum atomic E-state index is 0. The number of aromatic nitrogens is 8. The predicted octanol–water partition coefficient (Wildman–Crippen LogP) is 6.91. The van der Waals surface area contributed by atoms with Crippen molar-refractivity contribution in [1.29, 1.82) is 0 Å². The first-order valence-corrected chi connectivity index (χ1v) is 16.2. The maximum Gasteiger partial charge on any atom is 0.0267 e. The third-order valence-corrected chi connectivity index (χ3v) is 5.79. The summed E-state index contributed by atoms with van der Waals surface area (Å²) in [5, 5.41) is 24.3. The molecule has 0 spiro atoms. The standard InChI is InChI=1S/C15H11N3O.C14H11N4.C5H5N.2Au.ClH/c1-11-9-14(18-17-11)12-5-4-6-13(10-12)19-15-7-2-3-8-16-15;1-9-6-13(17-15-9)11-4-3-5-12(8-11)14-7-10(2)16-18-14;1-2-4-6-5-3-1;;;/h2-9H,1H3;3-7H,1-2H3;1-5H;;;1H/q-2;-3;;+1;+3;/p-1. The Hall–Kier alpha value is -4.06. The molecule has 240 valence electrons. The molecule has 0 aliphatic rings. The molecule has 0 saturated carbocycles. The Labute approximate surface area is 299 Å². The number of nitrogens with zero attached hydrogens (tertiary/aromatic N) is 8. The van der Waals surface area contributed by atoms with Gasteiger partial charge >= 0.3 is 51.6 Å². The number of hydrogen-bond donors (Lipinski definition) is 0. The van der Waals surface area contributed by atoms with E-state index in [0.29, 0.717) is 11.6 Å². The van der Waals surface area contributed by atoms with Gasteiger partial charge in [0.1, 0.15) is 0 Å². The average Bonchev–Trinajstić information content (AvgIpc) is 3.85. The molecule has 0 aliphatic carbocycles. The first-order chi connectivity index (χ1) is 22.0. The Morgan fingerprint density at radius 1 is 0.587 bits per heavy atom. The monoisotopic (exact) mass is 992 g/mol. The minimum Gasteiger partial charge on any atom is -0.265 e. The van der Waals surface area contributed by atoms with Crippen LogP contribution in [0.5, 0.6) is 11.6 Å². The molecule has 0 radical (unpaired) electrons. The van der Waals surface area contributed by atoms with Crippen LogP contribution in [0.4, 0.5) is 0 Å². The summed E-state index contributed by atoms with van der Waals surface area (Å²) in [4.78, 5) is 7.90. The van der Waals surface area contributed by atoms with Crippen LogP contribution >= 0.6 is 9.19 Å². The Bertz CT molecular complexity index is 1780. The molecule has 9 nitrogen and oxygen atoms in total. The smallest absolute Gasteiger partial charge is 0.0267 e. The van der Waals surface area contributed by atoms with Crippen molar-refractivity contribution < 1.29 is 47.1 Å². The molecule has 5 aromatic heterocycles. The molecule has 0 unspecified atom stereocenters. The third kappa shape index (κ3) is 11.4. The molecule has 0 amide bonds. The average molecular weight is 993 g/mol. The van der Waals surface area contributed by atoms with Gasteiger partial charge in [0.2, 0.25) is 5.88 Å². The van der Waals surface area contributed by atoms with Crippen LogP contribution in [0.25, 0.3) is 33.8 Å². The molecule has 7 rings (SSSR count). The van der Waals surface area contributed by atoms with Crippen LogP contribution < -0.4 is 20.0 Å². The molecular formula is C34H27Au2ClN8O-2. The predicted molar refractivity (Wildman–Crippen MR) is 169 cm³/mol. The maximum absolute atomic E-state index is 5.63. The number of ether oxygens (including phenoxy) is 1. The summed E-state index contributed by atoms with van der Waals surface area (Å²) in [6, 6.07) is 35.0. The fraction of sp³-hybridized carbons (Fsp3) is 0.0882. The van der Waals surface area contributed by atoms with E-state index in [1.165, 1.54) is 0 Å². The van der Waals surface area contributed by atoms with Gasteiger partial charge in [-0.1, -0.05) is 36.4 Å². The van der Waals surface area contributed by atoms with E-state index in [4.69, 9.17) is 4.74 Å². The maximum atomic E-state index is 5.63. The van der Waals surface area contributed by atoms with Gasteiger partial charge < -0.3 is 35.3 Å². The molecule has 0 fully saturated rings. The zero-order valence-corrected chi connectivity index (χ0v) is 29.9. The second kappa shape index (κ2) is 19.5. The van der Waals surface area contributed by atoms with Gasteiger partial charge in [-0.3, -0.25) is 4.98 Å². The van der Waals surface area contributed by atoms with E-state index in [1.54, 1.807) is 44.6 Å². The molecule has 0 atom stereocenters. The van der Waals surface area contributed by atoms with Gasteiger partial charge in [0, 0.05) is 47.5 Å². The molecule has 46 heavy (non-hydrogen) atoms. The van der Waals surface area contributed by atoms with Crippen molar-refractivity contribution in [1.82, 2.24) is 40.6 Å². The summed E-state index contributed by atoms with van der Waals surface area (Å²) in [5.41, 5.74) is 7.89. The van der Waals surface area contributed by atoms with Crippen molar-refractivity contribution >= 4 is 9.19 Å². The van der Waals surface area contributed by atoms with Crippen molar-refractivity contribution in [2.75, 3.05) is 0 Å². The van der Waals surface area contributed by atoms with Crippen LogP contribution in [0.2, 0.25) is 0 Å². The van der Waals surface area contributed by atoms with Crippen LogP contribution in [-0.4, -0.2) is 25.3 Å². The van der Waals surface area contributed by atoms with Crippen LogP contribution in [0.1, 0.15) is 17.1 Å². The topological polar surface area (TPSA) is 116 Å². The zero-order chi connectivity index (χ0) is 31.9. The molecular weight excluding hydrogens is 966 g/mol. The van der Waals surface area contributed by atoms with Crippen LogP contribution in [-0.2, 0) is 42.4 Å². The van der Waals surface area contributed by atoms with Gasteiger partial charge in [-0.05, 0) is 39.0 Å². The van der Waals surface area contributed by atoms with Crippen molar-refractivity contribution in [3.05, 3.63) is 139 Å². The van der Waals surface area contributed by atoms with E-state index < -0.39 is 0 Å². The van der Waals surface area contributed by atoms with E-state index in [-0.39, 0.29) is 22.4 Å². The minimum absolute atomic E-state index is 0. The van der Waals surface area contributed by atoms with Crippen molar-refractivity contribution in [2.24, 2.45) is 0 Å². The first kappa shape index (κ1) is 36.4. The first-order valence-electron chi connectivity index (χ1n) is 13.6.